The molecule has 4 aliphatic rings. The molecule has 2 aromatic carbocycles. The average molecular weight is 799 g/mol. The smallest absolute Gasteiger partial charge is 0.313 e. The van der Waals surface area contributed by atoms with Crippen LogP contribution in [0.25, 0.3) is 0 Å². The Morgan fingerprint density at radius 3 is 2.50 bits per heavy atom. The summed E-state index contributed by atoms with van der Waals surface area (Å²) in [5.41, 5.74) is 0.247. The first-order chi connectivity index (χ1) is 25.0. The van der Waals surface area contributed by atoms with E-state index in [0.29, 0.717) is 33.6 Å². The van der Waals surface area contributed by atoms with E-state index in [4.69, 9.17) is 25.8 Å². The van der Waals surface area contributed by atoms with Crippen molar-refractivity contribution >= 4 is 56.9 Å². The van der Waals surface area contributed by atoms with Gasteiger partial charge in [0.2, 0.25) is 11.8 Å². The van der Waals surface area contributed by atoms with Crippen molar-refractivity contribution in [2.75, 3.05) is 31.8 Å². The molecule has 11 nitrogen and oxygen atoms in total. The molecule has 9 atom stereocenters. The summed E-state index contributed by atoms with van der Waals surface area (Å²) in [6.07, 6.45) is 4.56. The summed E-state index contributed by atoms with van der Waals surface area (Å²) in [6.45, 7) is 5.42. The van der Waals surface area contributed by atoms with E-state index >= 15 is 4.79 Å². The fourth-order valence-corrected chi connectivity index (χ4v) is 9.25. The van der Waals surface area contributed by atoms with Gasteiger partial charge in [0.1, 0.15) is 29.8 Å². The molecule has 2 N–H and O–H groups in total. The number of cyclic esters (lactones) is 1. The third-order valence-electron chi connectivity index (χ3n) is 10.9. The predicted molar refractivity (Wildman–Crippen MR) is 199 cm³/mol. The second-order valence-corrected chi connectivity index (χ2v) is 15.3. The van der Waals surface area contributed by atoms with Crippen LogP contribution >= 0.6 is 27.5 Å². The number of nitrogens with one attached hydrogen (secondary N) is 1. The molecule has 3 amide bonds. The van der Waals surface area contributed by atoms with E-state index in [2.05, 4.69) is 21.2 Å². The summed E-state index contributed by atoms with van der Waals surface area (Å²) >= 11 is 10.4. The van der Waals surface area contributed by atoms with Gasteiger partial charge in [0.25, 0.3) is 5.91 Å². The first kappa shape index (κ1) is 38.2. The number of nitrogens with zero attached hydrogens (tertiary/aromatic N) is 2. The minimum Gasteiger partial charge on any atom is -0.455 e. The number of esters is 1. The maximum absolute atomic E-state index is 15.3. The number of amides is 3. The van der Waals surface area contributed by atoms with Crippen molar-refractivity contribution in [2.45, 2.75) is 76.0 Å². The zero-order valence-corrected chi connectivity index (χ0v) is 32.0. The number of hydrogen-bond acceptors (Lipinski definition) is 8. The molecular formula is C39H45BrClN3O8. The Balaban J connectivity index is 1.54. The predicted octanol–water partition coefficient (Wildman–Crippen LogP) is 5.03. The summed E-state index contributed by atoms with van der Waals surface area (Å²) in [4.78, 5) is 61.3. The van der Waals surface area contributed by atoms with Gasteiger partial charge >= 0.3 is 5.97 Å². The number of hydrogen-bond donors (Lipinski definition) is 2. The Morgan fingerprint density at radius 1 is 1.08 bits per heavy atom. The number of aliphatic hydroxyl groups is 1. The molecule has 0 aliphatic carbocycles. The maximum atomic E-state index is 15.3. The maximum Gasteiger partial charge on any atom is 0.313 e. The Kier molecular flexibility index (Phi) is 11.6. The number of methoxy groups -OCH3 is 1. The van der Waals surface area contributed by atoms with Gasteiger partial charge in [-0.25, -0.2) is 0 Å². The van der Waals surface area contributed by atoms with E-state index in [0.717, 1.165) is 5.56 Å². The molecule has 52 heavy (non-hydrogen) atoms. The van der Waals surface area contributed by atoms with Gasteiger partial charge in [0.05, 0.1) is 41.9 Å². The van der Waals surface area contributed by atoms with Crippen molar-refractivity contribution in [3.05, 3.63) is 87.4 Å². The number of allylic oxidation sites excluding steroid dienone is 1. The normalized spacial score (nSPS) is 31.2. The standard InChI is InChI=1S/C39H45BrClN3O8/c1-5-22(2)28(20-45)44-35-37(48)43(32-23(3)13-12-16-26(32)41)18-11-7-10-17-29(46)42-27(21-50-4)33(24-14-8-6-9-15-24)51-38(49)30-31(36(44)47)39(35)19-25(40)34(30)52-39/h6-9,11-16,19,22,27-28,30-31,33-35,45H,5,10,17-18,20-21H2,1-4H3,(H,42,46)/b11-7-/t22-,27-,28-,30+,31-,33-,34+,35+,39-/m0/s1. The number of likely N-dealkylation sites (tertiary alicyclic amines) is 1. The Bertz CT molecular complexity index is 1740. The highest BCUT2D eigenvalue weighted by Crippen LogP contribution is 2.60. The van der Waals surface area contributed by atoms with E-state index < -0.39 is 72.2 Å². The minimum atomic E-state index is -1.57. The molecule has 0 aromatic heterocycles. The number of aryl methyl sites for hydroxylation is 1. The van der Waals surface area contributed by atoms with Gasteiger partial charge in [-0.05, 0) is 42.5 Å². The summed E-state index contributed by atoms with van der Waals surface area (Å²) < 4.78 is 19.1. The molecule has 6 rings (SSSR count). The van der Waals surface area contributed by atoms with Crippen molar-refractivity contribution in [1.82, 2.24) is 10.2 Å². The van der Waals surface area contributed by atoms with Crippen LogP contribution in [0.2, 0.25) is 5.02 Å². The van der Waals surface area contributed by atoms with Crippen LogP contribution in [0.4, 0.5) is 5.69 Å². The second-order valence-electron chi connectivity index (χ2n) is 14.0. The van der Waals surface area contributed by atoms with E-state index in [1.807, 2.05) is 51.1 Å². The molecule has 4 aliphatic heterocycles. The lowest BCUT2D eigenvalue weighted by Gasteiger charge is -2.40. The van der Waals surface area contributed by atoms with Crippen molar-refractivity contribution in [2.24, 2.45) is 17.8 Å². The second kappa shape index (κ2) is 15.8. The van der Waals surface area contributed by atoms with Crippen LogP contribution in [0, 0.1) is 24.7 Å². The molecule has 13 heteroatoms. The first-order valence-corrected chi connectivity index (χ1v) is 18.9. The third kappa shape index (κ3) is 6.72. The topological polar surface area (TPSA) is 135 Å². The van der Waals surface area contributed by atoms with Crippen LogP contribution in [-0.4, -0.2) is 90.4 Å². The number of carbonyl (C=O) groups is 4. The lowest BCUT2D eigenvalue weighted by atomic mass is 9.74. The fourth-order valence-electron chi connectivity index (χ4n) is 8.19. The molecule has 5 bridgehead atoms. The van der Waals surface area contributed by atoms with E-state index in [9.17, 15) is 19.5 Å². The SMILES string of the molecule is CC[C@H](C)[C@H](CO)N1C(=O)[C@@H]2[C@H]3C(=O)O[C@@H](c4ccccc4)[C@H](COC)NC(=O)CC/C=C\CN(c4c(C)cccc4Cl)C(=O)[C@@H]1[C@]21C=C(Br)[C@H]3O1. The summed E-state index contributed by atoms with van der Waals surface area (Å²) in [6, 6.07) is 11.6. The van der Waals surface area contributed by atoms with Gasteiger partial charge in [-0.2, -0.15) is 0 Å². The minimum absolute atomic E-state index is 0.0402. The summed E-state index contributed by atoms with van der Waals surface area (Å²) in [5, 5.41) is 14.2. The van der Waals surface area contributed by atoms with Crippen molar-refractivity contribution in [1.29, 1.82) is 0 Å². The van der Waals surface area contributed by atoms with E-state index in [1.165, 1.54) is 16.9 Å². The monoisotopic (exact) mass is 797 g/mol. The molecule has 1 spiro atoms. The highest BCUT2D eigenvalue weighted by Gasteiger charge is 2.76. The van der Waals surface area contributed by atoms with Crippen LogP contribution in [0.1, 0.15) is 50.3 Å². The average Bonchev–Trinajstić information content (AvgIpc) is 3.72. The number of anilines is 1. The molecular weight excluding hydrogens is 754 g/mol. The van der Waals surface area contributed by atoms with Gasteiger partial charge < -0.3 is 34.4 Å². The summed E-state index contributed by atoms with van der Waals surface area (Å²) in [7, 11) is 1.50. The molecule has 2 saturated heterocycles. The van der Waals surface area contributed by atoms with E-state index in [-0.39, 0.29) is 31.4 Å². The molecule has 2 fully saturated rings. The fraction of sp³-hybridized carbons (Fsp3) is 0.487. The molecule has 0 radical (unpaired) electrons. The van der Waals surface area contributed by atoms with Crippen LogP contribution in [-0.2, 0) is 33.4 Å². The number of ether oxygens (including phenoxy) is 3. The zero-order chi connectivity index (χ0) is 37.3. The quantitative estimate of drug-likeness (QED) is 0.281. The van der Waals surface area contributed by atoms with Crippen molar-refractivity contribution in [3.8, 4) is 0 Å². The number of para-hydroxylation sites is 1. The van der Waals surface area contributed by atoms with Crippen LogP contribution in [0.3, 0.4) is 0 Å². The highest BCUT2D eigenvalue weighted by molar-refractivity contribution is 9.11. The van der Waals surface area contributed by atoms with Crippen molar-refractivity contribution in [3.63, 3.8) is 0 Å². The molecule has 4 heterocycles. The Hall–Kier alpha value is -3.55. The lowest BCUT2D eigenvalue weighted by Crippen LogP contribution is -2.59. The number of benzene rings is 2. The molecule has 0 unspecified atom stereocenters. The van der Waals surface area contributed by atoms with Gasteiger partial charge in [-0.3, -0.25) is 19.2 Å². The highest BCUT2D eigenvalue weighted by atomic mass is 79.9. The first-order valence-electron chi connectivity index (χ1n) is 17.7. The van der Waals surface area contributed by atoms with Crippen molar-refractivity contribution < 1.29 is 38.5 Å². The molecule has 2 aromatic rings. The largest absolute Gasteiger partial charge is 0.455 e. The number of halogens is 2. The lowest BCUT2D eigenvalue weighted by molar-refractivity contribution is -0.163. The number of fused-ring (bicyclic) bond motifs is 2. The Morgan fingerprint density at radius 2 is 1.83 bits per heavy atom. The van der Waals surface area contributed by atoms with E-state index in [1.54, 1.807) is 36.4 Å². The van der Waals surface area contributed by atoms with Crippen LogP contribution in [0.5, 0.6) is 0 Å². The van der Waals surface area contributed by atoms with Gasteiger partial charge in [0.15, 0.2) is 0 Å². The van der Waals surface area contributed by atoms with Crippen LogP contribution < -0.4 is 10.2 Å². The molecule has 278 valence electrons. The number of aliphatic hydroxyl groups excluding tert-OH is 1. The van der Waals surface area contributed by atoms with Crippen LogP contribution in [0.15, 0.2) is 71.2 Å². The number of carbonyl (C=O) groups excluding carboxylic acids is 4. The third-order valence-corrected chi connectivity index (χ3v) is 11.8. The Labute approximate surface area is 317 Å². The number of rotatable bonds is 8. The van der Waals surface area contributed by atoms with Gasteiger partial charge in [0, 0.05) is 24.6 Å². The molecule has 0 saturated carbocycles. The summed E-state index contributed by atoms with van der Waals surface area (Å²) in [5.74, 6) is -4.46. The van der Waals surface area contributed by atoms with Gasteiger partial charge in [-0.15, -0.1) is 0 Å². The van der Waals surface area contributed by atoms with Gasteiger partial charge in [-0.1, -0.05) is 102 Å². The zero-order valence-electron chi connectivity index (χ0n) is 29.7.